The van der Waals surface area contributed by atoms with Gasteiger partial charge in [0.15, 0.2) is 0 Å². The van der Waals surface area contributed by atoms with Gasteiger partial charge in [0.2, 0.25) is 0 Å². The van der Waals surface area contributed by atoms with Crippen molar-refractivity contribution in [3.8, 4) is 5.75 Å². The van der Waals surface area contributed by atoms with Crippen LogP contribution in [0.3, 0.4) is 0 Å². The highest BCUT2D eigenvalue weighted by Gasteiger charge is 2.15. The Hall–Kier alpha value is -4.60. The van der Waals surface area contributed by atoms with Crippen molar-refractivity contribution in [2.24, 2.45) is 5.73 Å². The fourth-order valence-corrected chi connectivity index (χ4v) is 4.45. The van der Waals surface area contributed by atoms with Crippen molar-refractivity contribution in [3.05, 3.63) is 119 Å². The first-order valence-electron chi connectivity index (χ1n) is 11.8. The average molecular weight is 527 g/mol. The zero-order valence-electron chi connectivity index (χ0n) is 20.3. The van der Waals surface area contributed by atoms with Crippen molar-refractivity contribution < 1.29 is 19.5 Å². The highest BCUT2D eigenvalue weighted by molar-refractivity contribution is 7.99. The molecule has 192 valence electrons. The first-order chi connectivity index (χ1) is 18.4. The van der Waals surface area contributed by atoms with Gasteiger partial charge < -0.3 is 21.5 Å². The van der Waals surface area contributed by atoms with E-state index in [4.69, 9.17) is 5.73 Å². The Morgan fingerprint density at radius 3 is 2.24 bits per heavy atom. The van der Waals surface area contributed by atoms with Crippen LogP contribution in [0, 0.1) is 0 Å². The number of nitrogens with one attached hydrogen (secondary N) is 3. The van der Waals surface area contributed by atoms with E-state index in [0.717, 1.165) is 16.0 Å². The largest absolute Gasteiger partial charge is 0.508 e. The van der Waals surface area contributed by atoms with Crippen LogP contribution in [-0.4, -0.2) is 23.0 Å². The van der Waals surface area contributed by atoms with E-state index in [1.54, 1.807) is 72.8 Å². The summed E-state index contributed by atoms with van der Waals surface area (Å²) in [5, 5.41) is 17.5. The van der Waals surface area contributed by atoms with Crippen LogP contribution in [0.15, 0.2) is 107 Å². The molecule has 0 atom stereocenters. The van der Waals surface area contributed by atoms with Gasteiger partial charge in [0.25, 0.3) is 11.8 Å². The molecule has 4 aromatic carbocycles. The number of carbonyl (C=O) groups excluding carboxylic acids is 3. The van der Waals surface area contributed by atoms with Crippen molar-refractivity contribution >= 4 is 35.3 Å². The second-order valence-electron chi connectivity index (χ2n) is 8.29. The Balaban J connectivity index is 1.52. The fraction of sp³-hybridized carbons (Fsp3) is 0.0690. The molecule has 0 aliphatic heterocycles. The van der Waals surface area contributed by atoms with Crippen LogP contribution < -0.4 is 21.7 Å². The molecule has 0 aromatic heterocycles. The average Bonchev–Trinajstić information content (AvgIpc) is 2.94. The monoisotopic (exact) mass is 526 g/mol. The number of aromatic hydroxyl groups is 1. The number of rotatable bonds is 8. The number of imide groups is 1. The predicted octanol–water partition coefficient (Wildman–Crippen LogP) is 4.89. The summed E-state index contributed by atoms with van der Waals surface area (Å²) < 4.78 is 0. The Kier molecular flexibility index (Phi) is 8.76. The highest BCUT2D eigenvalue weighted by Crippen LogP contribution is 2.35. The van der Waals surface area contributed by atoms with Crippen LogP contribution in [0.1, 0.15) is 31.8 Å². The van der Waals surface area contributed by atoms with E-state index in [-0.39, 0.29) is 11.7 Å². The zero-order chi connectivity index (χ0) is 26.9. The molecule has 0 saturated carbocycles. The van der Waals surface area contributed by atoms with Gasteiger partial charge in [0.05, 0.1) is 5.69 Å². The molecular weight excluding hydrogens is 500 g/mol. The molecule has 4 aromatic rings. The second kappa shape index (κ2) is 12.6. The summed E-state index contributed by atoms with van der Waals surface area (Å²) in [7, 11) is 0. The molecule has 38 heavy (non-hydrogen) atoms. The Morgan fingerprint density at radius 1 is 0.763 bits per heavy atom. The van der Waals surface area contributed by atoms with E-state index in [1.165, 1.54) is 11.8 Å². The second-order valence-corrected chi connectivity index (χ2v) is 9.40. The number of nitrogens with two attached hydrogens (primary N) is 1. The number of phenolic OH excluding ortho intramolecular Hbond substituents is 1. The Bertz CT molecular complexity index is 1440. The third kappa shape index (κ3) is 7.22. The molecule has 4 amide bonds. The number of anilines is 1. The van der Waals surface area contributed by atoms with E-state index in [2.05, 4.69) is 16.0 Å². The Labute approximate surface area is 224 Å². The van der Waals surface area contributed by atoms with Crippen molar-refractivity contribution in [1.29, 1.82) is 0 Å². The highest BCUT2D eigenvalue weighted by atomic mass is 32.2. The van der Waals surface area contributed by atoms with Crippen LogP contribution in [0.5, 0.6) is 5.75 Å². The lowest BCUT2D eigenvalue weighted by Gasteiger charge is -2.14. The van der Waals surface area contributed by atoms with Gasteiger partial charge in [-0.2, -0.15) is 0 Å². The van der Waals surface area contributed by atoms with Gasteiger partial charge in [-0.05, 0) is 65.7 Å². The van der Waals surface area contributed by atoms with E-state index in [1.807, 2.05) is 24.3 Å². The summed E-state index contributed by atoms with van der Waals surface area (Å²) in [5.41, 5.74) is 8.60. The van der Waals surface area contributed by atoms with E-state index in [0.29, 0.717) is 34.8 Å². The first kappa shape index (κ1) is 26.5. The van der Waals surface area contributed by atoms with Crippen LogP contribution in [0.2, 0.25) is 0 Å². The summed E-state index contributed by atoms with van der Waals surface area (Å²) in [5.74, 6) is -0.742. The quantitative estimate of drug-likeness (QED) is 0.222. The van der Waals surface area contributed by atoms with Gasteiger partial charge in [-0.15, -0.1) is 0 Å². The number of amides is 4. The van der Waals surface area contributed by atoms with Crippen LogP contribution >= 0.6 is 11.8 Å². The van der Waals surface area contributed by atoms with Gasteiger partial charge in [-0.1, -0.05) is 54.2 Å². The number of benzene rings is 4. The Morgan fingerprint density at radius 2 is 1.50 bits per heavy atom. The fourth-order valence-electron chi connectivity index (χ4n) is 3.57. The number of hydrogen-bond donors (Lipinski definition) is 5. The topological polar surface area (TPSA) is 134 Å². The van der Waals surface area contributed by atoms with Gasteiger partial charge in [0, 0.05) is 34.0 Å². The summed E-state index contributed by atoms with van der Waals surface area (Å²) in [6.07, 6.45) is 0. The lowest BCUT2D eigenvalue weighted by molar-refractivity contribution is 0.0946. The maximum absolute atomic E-state index is 12.9. The van der Waals surface area contributed by atoms with Crippen LogP contribution in [-0.2, 0) is 13.1 Å². The smallest absolute Gasteiger partial charge is 0.326 e. The van der Waals surface area contributed by atoms with Gasteiger partial charge in [0.1, 0.15) is 5.75 Å². The third-order valence-electron chi connectivity index (χ3n) is 5.50. The number of urea groups is 1. The minimum Gasteiger partial charge on any atom is -0.508 e. The molecule has 8 nitrogen and oxygen atoms in total. The number of hydrogen-bond acceptors (Lipinski definition) is 6. The molecule has 0 aliphatic rings. The number of phenols is 1. The summed E-state index contributed by atoms with van der Waals surface area (Å²) >= 11 is 1.33. The molecule has 0 aliphatic carbocycles. The minimum atomic E-state index is -0.734. The maximum Gasteiger partial charge on any atom is 0.326 e. The normalized spacial score (nSPS) is 10.4. The van der Waals surface area contributed by atoms with E-state index in [9.17, 15) is 19.5 Å². The van der Waals surface area contributed by atoms with E-state index < -0.39 is 11.9 Å². The SMILES string of the molecule is NCc1cccc(CNC(=O)c2ccc(Sc3ccc(O)cc3)c(NC(=O)NC(=O)c3ccccc3)c2)c1. The minimum absolute atomic E-state index is 0.135. The first-order valence-corrected chi connectivity index (χ1v) is 12.6. The summed E-state index contributed by atoms with van der Waals surface area (Å²) in [4.78, 5) is 39.5. The number of carbonyl (C=O) groups is 3. The van der Waals surface area contributed by atoms with Gasteiger partial charge in [-0.3, -0.25) is 14.9 Å². The molecule has 9 heteroatoms. The molecule has 0 heterocycles. The lowest BCUT2D eigenvalue weighted by atomic mass is 10.1. The van der Waals surface area contributed by atoms with Gasteiger partial charge in [-0.25, -0.2) is 4.79 Å². The molecule has 0 spiro atoms. The van der Waals surface area contributed by atoms with Crippen LogP contribution in [0.25, 0.3) is 0 Å². The standard InChI is InChI=1S/C29H26N4O4S/c30-17-19-5-4-6-20(15-19)18-31-27(35)22-9-14-26(38-24-12-10-23(34)11-13-24)25(16-22)32-29(37)33-28(36)21-7-2-1-3-8-21/h1-16,34H,17-18,30H2,(H,31,35)(H2,32,33,36,37). The predicted molar refractivity (Wildman–Crippen MR) is 147 cm³/mol. The van der Waals surface area contributed by atoms with Crippen molar-refractivity contribution in [2.75, 3.05) is 5.32 Å². The van der Waals surface area contributed by atoms with Crippen molar-refractivity contribution in [2.45, 2.75) is 22.9 Å². The molecule has 0 bridgehead atoms. The molecule has 0 saturated heterocycles. The van der Waals surface area contributed by atoms with Crippen molar-refractivity contribution in [3.63, 3.8) is 0 Å². The molecule has 6 N–H and O–H groups in total. The lowest BCUT2D eigenvalue weighted by Crippen LogP contribution is -2.34. The molecule has 4 rings (SSSR count). The molecule has 0 unspecified atom stereocenters. The van der Waals surface area contributed by atoms with E-state index >= 15 is 0 Å². The molecular formula is C29H26N4O4S. The zero-order valence-corrected chi connectivity index (χ0v) is 21.1. The molecule has 0 radical (unpaired) electrons. The van der Waals surface area contributed by atoms with Gasteiger partial charge >= 0.3 is 6.03 Å². The maximum atomic E-state index is 12.9. The van der Waals surface area contributed by atoms with Crippen LogP contribution in [0.4, 0.5) is 10.5 Å². The summed E-state index contributed by atoms with van der Waals surface area (Å²) in [6.45, 7) is 0.720. The molecule has 0 fully saturated rings. The van der Waals surface area contributed by atoms with Crippen molar-refractivity contribution in [1.82, 2.24) is 10.6 Å². The third-order valence-corrected chi connectivity index (χ3v) is 6.58. The summed E-state index contributed by atoms with van der Waals surface area (Å²) in [6, 6.07) is 26.8.